The zero-order valence-electron chi connectivity index (χ0n) is 19.0. The number of amides is 1. The minimum Gasteiger partial charge on any atom is -0.364 e. The molecule has 0 bridgehead atoms. The van der Waals surface area contributed by atoms with Gasteiger partial charge in [0.15, 0.2) is 17.2 Å². The molecule has 1 aliphatic heterocycles. The summed E-state index contributed by atoms with van der Waals surface area (Å²) in [5, 5.41) is 33.4. The van der Waals surface area contributed by atoms with Crippen molar-refractivity contribution in [2.24, 2.45) is 0 Å². The van der Waals surface area contributed by atoms with E-state index in [1.54, 1.807) is 12.1 Å². The number of rotatable bonds is 7. The number of halogens is 1. The molecule has 11 nitrogen and oxygen atoms in total. The zero-order chi connectivity index (χ0) is 24.5. The Kier molecular flexibility index (Phi) is 6.12. The van der Waals surface area contributed by atoms with Crippen LogP contribution in [0.4, 0.5) is 17.5 Å². The van der Waals surface area contributed by atoms with Gasteiger partial charge in [-0.2, -0.15) is 20.0 Å². The van der Waals surface area contributed by atoms with Crippen LogP contribution < -0.4 is 16.0 Å². The van der Waals surface area contributed by atoms with Crippen LogP contribution in [0.25, 0.3) is 5.65 Å². The number of nitrogens with zero attached hydrogens (tertiary/aromatic N) is 7. The van der Waals surface area contributed by atoms with Crippen LogP contribution >= 0.6 is 11.6 Å². The first-order valence-electron chi connectivity index (χ1n) is 11.3. The Morgan fingerprint density at radius 2 is 2.06 bits per heavy atom. The number of hydrogen-bond donors (Lipinski definition) is 3. The second-order valence-electron chi connectivity index (χ2n) is 8.85. The number of nitrogens with one attached hydrogen (secondary N) is 3. The van der Waals surface area contributed by atoms with E-state index in [2.05, 4.69) is 48.1 Å². The number of nitriles is 2. The second kappa shape index (κ2) is 9.37. The van der Waals surface area contributed by atoms with Crippen molar-refractivity contribution in [1.82, 2.24) is 29.8 Å². The average molecular weight is 491 g/mol. The van der Waals surface area contributed by atoms with Gasteiger partial charge in [0.25, 0.3) is 0 Å². The summed E-state index contributed by atoms with van der Waals surface area (Å²) in [5.74, 6) is 0.711. The van der Waals surface area contributed by atoms with Crippen molar-refractivity contribution in [3.05, 3.63) is 40.2 Å². The summed E-state index contributed by atoms with van der Waals surface area (Å²) in [6.45, 7) is 3.58. The van der Waals surface area contributed by atoms with E-state index in [1.807, 2.05) is 0 Å². The molecule has 2 aromatic heterocycles. The predicted octanol–water partition coefficient (Wildman–Crippen LogP) is 2.55. The molecule has 1 amide bonds. The van der Waals surface area contributed by atoms with Gasteiger partial charge in [-0.1, -0.05) is 11.6 Å². The fourth-order valence-corrected chi connectivity index (χ4v) is 4.44. The van der Waals surface area contributed by atoms with Gasteiger partial charge in [0, 0.05) is 38.6 Å². The van der Waals surface area contributed by atoms with Crippen molar-refractivity contribution in [3.63, 3.8) is 0 Å². The maximum atomic E-state index is 11.4. The van der Waals surface area contributed by atoms with Gasteiger partial charge in [0.2, 0.25) is 11.9 Å². The van der Waals surface area contributed by atoms with Gasteiger partial charge < -0.3 is 16.0 Å². The molecule has 3 N–H and O–H groups in total. The van der Waals surface area contributed by atoms with Crippen LogP contribution in [-0.2, 0) is 11.3 Å². The lowest BCUT2D eigenvalue weighted by molar-refractivity contribution is -0.119. The number of likely N-dealkylation sites (tertiary alicyclic amines) is 1. The molecule has 12 heteroatoms. The lowest BCUT2D eigenvalue weighted by atomic mass is 10.1. The van der Waals surface area contributed by atoms with E-state index in [9.17, 15) is 15.3 Å². The SMILES string of the molecule is CC(=O)N[C@@H]1CCN(Cc2cc(C#N)cc(Nc3nc(NC4CC4)c4ncc(C#N)n4n3)c2Cl)C1. The first kappa shape index (κ1) is 22.8. The number of fused-ring (bicyclic) bond motifs is 1. The largest absolute Gasteiger partial charge is 0.364 e. The topological polar surface area (TPSA) is 147 Å². The first-order valence-corrected chi connectivity index (χ1v) is 11.7. The molecule has 3 heterocycles. The average Bonchev–Trinajstić information content (AvgIpc) is 3.38. The highest BCUT2D eigenvalue weighted by Gasteiger charge is 2.26. The summed E-state index contributed by atoms with van der Waals surface area (Å²) in [4.78, 5) is 22.4. The fraction of sp³-hybridized carbons (Fsp3) is 0.391. The number of imidazole rings is 1. The molecular formula is C23H23ClN10O. The van der Waals surface area contributed by atoms with Crippen molar-refractivity contribution in [3.8, 4) is 12.1 Å². The van der Waals surface area contributed by atoms with Gasteiger partial charge in [-0.05, 0) is 37.0 Å². The van der Waals surface area contributed by atoms with Gasteiger partial charge in [-0.25, -0.2) is 4.98 Å². The van der Waals surface area contributed by atoms with Crippen LogP contribution in [-0.4, -0.2) is 55.6 Å². The lowest BCUT2D eigenvalue weighted by Crippen LogP contribution is -2.35. The molecule has 0 spiro atoms. The third kappa shape index (κ3) is 4.97. The monoisotopic (exact) mass is 490 g/mol. The van der Waals surface area contributed by atoms with Crippen LogP contribution in [0, 0.1) is 22.7 Å². The molecular weight excluding hydrogens is 468 g/mol. The minimum atomic E-state index is -0.0437. The number of benzene rings is 1. The Morgan fingerprint density at radius 1 is 1.23 bits per heavy atom. The van der Waals surface area contributed by atoms with Gasteiger partial charge >= 0.3 is 0 Å². The summed E-state index contributed by atoms with van der Waals surface area (Å²) in [5.41, 5.74) is 2.48. The molecule has 2 aliphatic rings. The standard InChI is InChI=1S/C23H23ClN10O/c1-13(35)28-17-4-5-33(12-17)11-15-6-14(8-25)7-19(20(15)24)30-23-31-21(29-16-2-3-16)22-27-10-18(9-26)34(22)32-23/h6-7,10,16-17H,2-5,11-12H2,1H3,(H,28,35)(H2,29,30,31,32)/t17-/m1/s1. The molecule has 1 aromatic carbocycles. The van der Waals surface area contributed by atoms with Crippen LogP contribution in [0.2, 0.25) is 5.02 Å². The second-order valence-corrected chi connectivity index (χ2v) is 9.23. The highest BCUT2D eigenvalue weighted by atomic mass is 35.5. The normalized spacial score (nSPS) is 17.7. The van der Waals surface area contributed by atoms with Gasteiger partial charge in [-0.15, -0.1) is 5.10 Å². The van der Waals surface area contributed by atoms with Gasteiger partial charge in [-0.3, -0.25) is 9.69 Å². The minimum absolute atomic E-state index is 0.0437. The predicted molar refractivity (Wildman–Crippen MR) is 129 cm³/mol. The van der Waals surface area contributed by atoms with E-state index in [1.165, 1.54) is 17.6 Å². The van der Waals surface area contributed by atoms with Crippen LogP contribution in [0.1, 0.15) is 43.0 Å². The van der Waals surface area contributed by atoms with E-state index >= 15 is 0 Å². The summed E-state index contributed by atoms with van der Waals surface area (Å²) >= 11 is 6.77. The molecule has 1 atom stereocenters. The number of anilines is 3. The maximum Gasteiger partial charge on any atom is 0.247 e. The van der Waals surface area contributed by atoms with Crippen molar-refractivity contribution < 1.29 is 4.79 Å². The molecule has 1 saturated carbocycles. The Labute approximate surface area is 206 Å². The van der Waals surface area contributed by atoms with Gasteiger partial charge in [0.1, 0.15) is 6.07 Å². The fourth-order valence-electron chi connectivity index (χ4n) is 4.23. The maximum absolute atomic E-state index is 11.4. The Bertz CT molecular complexity index is 1380. The molecule has 0 unspecified atom stereocenters. The third-order valence-corrected chi connectivity index (χ3v) is 6.44. The molecule has 2 fully saturated rings. The molecule has 178 valence electrons. The highest BCUT2D eigenvalue weighted by molar-refractivity contribution is 6.34. The molecule has 5 rings (SSSR count). The van der Waals surface area contributed by atoms with Gasteiger partial charge in [0.05, 0.1) is 28.5 Å². The van der Waals surface area contributed by atoms with Crippen molar-refractivity contribution in [1.29, 1.82) is 10.5 Å². The Balaban J connectivity index is 1.44. The number of carbonyl (C=O) groups is 1. The zero-order valence-corrected chi connectivity index (χ0v) is 19.8. The summed E-state index contributed by atoms with van der Waals surface area (Å²) in [7, 11) is 0. The quantitative estimate of drug-likeness (QED) is 0.454. The number of carbonyl (C=O) groups excluding carboxylic acids is 1. The highest BCUT2D eigenvalue weighted by Crippen LogP contribution is 2.32. The van der Waals surface area contributed by atoms with Crippen molar-refractivity contribution in [2.75, 3.05) is 23.7 Å². The Hall–Kier alpha value is -3.93. The van der Waals surface area contributed by atoms with E-state index in [0.29, 0.717) is 46.9 Å². The smallest absolute Gasteiger partial charge is 0.247 e. The first-order chi connectivity index (χ1) is 16.9. The number of aromatic nitrogens is 4. The molecule has 1 aliphatic carbocycles. The summed E-state index contributed by atoms with van der Waals surface area (Å²) in [6, 6.07) is 8.11. The molecule has 0 radical (unpaired) electrons. The summed E-state index contributed by atoms with van der Waals surface area (Å²) < 4.78 is 1.44. The molecule has 3 aromatic rings. The Morgan fingerprint density at radius 3 is 2.77 bits per heavy atom. The lowest BCUT2D eigenvalue weighted by Gasteiger charge is -2.19. The van der Waals surface area contributed by atoms with Crippen molar-refractivity contribution in [2.45, 2.75) is 44.8 Å². The molecule has 35 heavy (non-hydrogen) atoms. The van der Waals surface area contributed by atoms with E-state index in [4.69, 9.17) is 11.6 Å². The third-order valence-electron chi connectivity index (χ3n) is 5.99. The van der Waals surface area contributed by atoms with Crippen LogP contribution in [0.3, 0.4) is 0 Å². The van der Waals surface area contributed by atoms with E-state index in [0.717, 1.165) is 31.4 Å². The van der Waals surface area contributed by atoms with E-state index < -0.39 is 0 Å². The summed E-state index contributed by atoms with van der Waals surface area (Å²) in [6.07, 6.45) is 4.40. The van der Waals surface area contributed by atoms with Crippen LogP contribution in [0.15, 0.2) is 18.3 Å². The number of hydrogen-bond acceptors (Lipinski definition) is 9. The van der Waals surface area contributed by atoms with Crippen LogP contribution in [0.5, 0.6) is 0 Å². The van der Waals surface area contributed by atoms with E-state index in [-0.39, 0.29) is 23.6 Å². The van der Waals surface area contributed by atoms with Crippen molar-refractivity contribution >= 4 is 40.6 Å². The molecule has 1 saturated heterocycles.